The maximum atomic E-state index is 13.8. The molecule has 2 aromatic carbocycles. The Morgan fingerprint density at radius 1 is 1.06 bits per heavy atom. The van der Waals surface area contributed by atoms with E-state index in [2.05, 4.69) is 5.32 Å². The summed E-state index contributed by atoms with van der Waals surface area (Å²) in [7, 11) is 0. The summed E-state index contributed by atoms with van der Waals surface area (Å²) in [6.45, 7) is 0.123. The third kappa shape index (κ3) is 4.76. The van der Waals surface area contributed by atoms with Crippen molar-refractivity contribution < 1.29 is 19.1 Å². The molecule has 2 aliphatic rings. The van der Waals surface area contributed by atoms with Crippen LogP contribution in [0.3, 0.4) is 0 Å². The molecule has 0 radical (unpaired) electrons. The predicted octanol–water partition coefficient (Wildman–Crippen LogP) is 5.51. The highest BCUT2D eigenvalue weighted by Gasteiger charge is 2.36. The van der Waals surface area contributed by atoms with Crippen LogP contribution in [0.15, 0.2) is 60.0 Å². The van der Waals surface area contributed by atoms with Crippen molar-refractivity contribution in [2.45, 2.75) is 44.2 Å². The third-order valence-electron chi connectivity index (χ3n) is 6.22. The van der Waals surface area contributed by atoms with Gasteiger partial charge in [-0.25, -0.2) is 0 Å². The van der Waals surface area contributed by atoms with E-state index in [-0.39, 0.29) is 31.1 Å². The van der Waals surface area contributed by atoms with Crippen LogP contribution < -0.4 is 19.7 Å². The topological polar surface area (TPSA) is 67.9 Å². The van der Waals surface area contributed by atoms with E-state index in [9.17, 15) is 9.59 Å². The van der Waals surface area contributed by atoms with Crippen LogP contribution in [0.1, 0.15) is 42.2 Å². The van der Waals surface area contributed by atoms with Crippen LogP contribution in [-0.4, -0.2) is 24.6 Å². The Morgan fingerprint density at radius 2 is 1.85 bits per heavy atom. The average Bonchev–Trinajstić information content (AvgIpc) is 3.60. The van der Waals surface area contributed by atoms with Crippen LogP contribution in [0.25, 0.3) is 0 Å². The molecular formula is C26H25ClN2O4S. The van der Waals surface area contributed by atoms with Gasteiger partial charge in [-0.05, 0) is 42.5 Å². The number of hydrogen-bond donors (Lipinski definition) is 1. The smallest absolute Gasteiger partial charge is 0.248 e. The molecule has 8 heteroatoms. The summed E-state index contributed by atoms with van der Waals surface area (Å²) in [6.07, 6.45) is 4.22. The van der Waals surface area contributed by atoms with E-state index in [0.717, 1.165) is 30.6 Å². The largest absolute Gasteiger partial charge is 0.454 e. The maximum Gasteiger partial charge on any atom is 0.248 e. The molecule has 1 aromatic heterocycles. The second kappa shape index (κ2) is 10.1. The standard InChI is InChI=1S/C26H25ClN2O4S/c27-21-10-4-3-9-20(21)25(26(31)28-17-6-1-2-7-17)29(24(30)15-19-8-5-13-34-19)18-11-12-22-23(14-18)33-16-32-22/h3-5,8-14,17,25H,1-2,6-7,15-16H2,(H,28,31). The minimum Gasteiger partial charge on any atom is -0.454 e. The van der Waals surface area contributed by atoms with E-state index in [1.165, 1.54) is 11.3 Å². The summed E-state index contributed by atoms with van der Waals surface area (Å²) in [5.41, 5.74) is 1.13. The number of benzene rings is 2. The number of rotatable bonds is 7. The van der Waals surface area contributed by atoms with Crippen molar-refractivity contribution in [1.29, 1.82) is 0 Å². The van der Waals surface area contributed by atoms with Crippen molar-refractivity contribution >= 4 is 40.4 Å². The number of fused-ring (bicyclic) bond motifs is 1. The van der Waals surface area contributed by atoms with Crippen molar-refractivity contribution in [2.75, 3.05) is 11.7 Å². The molecule has 0 saturated heterocycles. The predicted molar refractivity (Wildman–Crippen MR) is 133 cm³/mol. The van der Waals surface area contributed by atoms with E-state index in [1.54, 1.807) is 35.2 Å². The van der Waals surface area contributed by atoms with Crippen LogP contribution in [0.4, 0.5) is 5.69 Å². The number of nitrogens with one attached hydrogen (secondary N) is 1. The van der Waals surface area contributed by atoms with Crippen molar-refractivity contribution in [2.24, 2.45) is 0 Å². The Bertz CT molecular complexity index is 1180. The average molecular weight is 497 g/mol. The Balaban J connectivity index is 1.58. The maximum absolute atomic E-state index is 13.8. The molecule has 1 unspecified atom stereocenters. The molecule has 5 rings (SSSR count). The van der Waals surface area contributed by atoms with Crippen LogP contribution in [0.2, 0.25) is 5.02 Å². The minimum absolute atomic E-state index is 0.100. The number of thiophene rings is 1. The molecule has 1 aliphatic heterocycles. The summed E-state index contributed by atoms with van der Waals surface area (Å²) in [4.78, 5) is 30.1. The molecule has 3 aromatic rings. The number of halogens is 1. The van der Waals surface area contributed by atoms with Gasteiger partial charge in [-0.2, -0.15) is 0 Å². The van der Waals surface area contributed by atoms with Gasteiger partial charge in [0.2, 0.25) is 18.6 Å². The SMILES string of the molecule is O=C(NC1CCCC1)C(c1ccccc1Cl)N(C(=O)Cc1cccs1)c1ccc2c(c1)OCO2. The summed E-state index contributed by atoms with van der Waals surface area (Å²) < 4.78 is 11.0. The van der Waals surface area contributed by atoms with Crippen LogP contribution in [0.5, 0.6) is 11.5 Å². The lowest BCUT2D eigenvalue weighted by atomic mass is 10.0. The van der Waals surface area contributed by atoms with E-state index < -0.39 is 6.04 Å². The van der Waals surface area contributed by atoms with E-state index in [1.807, 2.05) is 29.6 Å². The molecule has 2 heterocycles. The van der Waals surface area contributed by atoms with Crippen molar-refractivity contribution in [3.63, 3.8) is 0 Å². The zero-order valence-corrected chi connectivity index (χ0v) is 20.1. The number of carbonyl (C=O) groups excluding carboxylic acids is 2. The first-order valence-corrected chi connectivity index (χ1v) is 12.6. The lowest BCUT2D eigenvalue weighted by molar-refractivity contribution is -0.127. The van der Waals surface area contributed by atoms with Crippen LogP contribution in [0, 0.1) is 0 Å². The van der Waals surface area contributed by atoms with E-state index in [0.29, 0.717) is 27.8 Å². The van der Waals surface area contributed by atoms with Crippen molar-refractivity contribution in [1.82, 2.24) is 5.32 Å². The molecule has 1 atom stereocenters. The number of carbonyl (C=O) groups is 2. The molecule has 1 aliphatic carbocycles. The molecule has 0 bridgehead atoms. The van der Waals surface area contributed by atoms with Crippen LogP contribution in [-0.2, 0) is 16.0 Å². The van der Waals surface area contributed by atoms with Gasteiger partial charge in [-0.15, -0.1) is 11.3 Å². The fourth-order valence-electron chi connectivity index (χ4n) is 4.56. The highest BCUT2D eigenvalue weighted by atomic mass is 35.5. The van der Waals surface area contributed by atoms with Gasteiger partial charge in [-0.1, -0.05) is 48.7 Å². The first-order valence-electron chi connectivity index (χ1n) is 11.4. The van der Waals surface area contributed by atoms with Gasteiger partial charge in [0.05, 0.1) is 6.42 Å². The van der Waals surface area contributed by atoms with E-state index in [4.69, 9.17) is 21.1 Å². The second-order valence-corrected chi connectivity index (χ2v) is 9.91. The quantitative estimate of drug-likeness (QED) is 0.468. The van der Waals surface area contributed by atoms with Crippen molar-refractivity contribution in [3.8, 4) is 11.5 Å². The zero-order chi connectivity index (χ0) is 23.5. The molecule has 6 nitrogen and oxygen atoms in total. The lowest BCUT2D eigenvalue weighted by Crippen LogP contribution is -2.47. The highest BCUT2D eigenvalue weighted by molar-refractivity contribution is 7.10. The molecule has 1 fully saturated rings. The van der Waals surface area contributed by atoms with Crippen LogP contribution >= 0.6 is 22.9 Å². The number of ether oxygens (including phenoxy) is 2. The highest BCUT2D eigenvalue weighted by Crippen LogP contribution is 2.39. The molecule has 2 amide bonds. The summed E-state index contributed by atoms with van der Waals surface area (Å²) in [6, 6.07) is 15.5. The van der Waals surface area contributed by atoms with Gasteiger partial charge in [0.15, 0.2) is 11.5 Å². The number of amides is 2. The second-order valence-electron chi connectivity index (χ2n) is 8.47. The molecule has 34 heavy (non-hydrogen) atoms. The Morgan fingerprint density at radius 3 is 2.62 bits per heavy atom. The van der Waals surface area contributed by atoms with Crippen molar-refractivity contribution in [3.05, 3.63) is 75.4 Å². The molecule has 176 valence electrons. The van der Waals surface area contributed by atoms with Gasteiger partial charge in [-0.3, -0.25) is 14.5 Å². The Kier molecular flexibility index (Phi) is 6.74. The number of hydrogen-bond acceptors (Lipinski definition) is 5. The summed E-state index contributed by atoms with van der Waals surface area (Å²) in [5, 5.41) is 5.55. The third-order valence-corrected chi connectivity index (χ3v) is 7.44. The van der Waals surface area contributed by atoms with Gasteiger partial charge < -0.3 is 14.8 Å². The lowest BCUT2D eigenvalue weighted by Gasteiger charge is -2.33. The van der Waals surface area contributed by atoms with Gasteiger partial charge in [0, 0.05) is 33.3 Å². The van der Waals surface area contributed by atoms with Gasteiger partial charge in [0.1, 0.15) is 6.04 Å². The summed E-state index contributed by atoms with van der Waals surface area (Å²) in [5.74, 6) is 0.713. The number of anilines is 1. The minimum atomic E-state index is -0.929. The van der Waals surface area contributed by atoms with Gasteiger partial charge in [0.25, 0.3) is 0 Å². The first-order chi connectivity index (χ1) is 16.6. The van der Waals surface area contributed by atoms with Gasteiger partial charge >= 0.3 is 0 Å². The molecular weight excluding hydrogens is 472 g/mol. The first kappa shape index (κ1) is 22.7. The zero-order valence-electron chi connectivity index (χ0n) is 18.5. The summed E-state index contributed by atoms with van der Waals surface area (Å²) >= 11 is 8.10. The Hall–Kier alpha value is -3.03. The fourth-order valence-corrected chi connectivity index (χ4v) is 5.50. The molecule has 1 N–H and O–H groups in total. The monoisotopic (exact) mass is 496 g/mol. The Labute approximate surface area is 207 Å². The molecule has 0 spiro atoms. The normalized spacial score (nSPS) is 15.8. The van der Waals surface area contributed by atoms with E-state index >= 15 is 0 Å². The number of nitrogens with zero attached hydrogens (tertiary/aromatic N) is 1. The molecule has 1 saturated carbocycles. The fraction of sp³-hybridized carbons (Fsp3) is 0.308.